The molecule has 6 heteroatoms. The average Bonchev–Trinajstić information content (AvgIpc) is 3.03. The van der Waals surface area contributed by atoms with Gasteiger partial charge in [0, 0.05) is 30.9 Å². The van der Waals surface area contributed by atoms with E-state index >= 15 is 0 Å². The van der Waals surface area contributed by atoms with Crippen LogP contribution in [0.2, 0.25) is 0 Å². The number of aliphatic hydroxyl groups excluding tert-OH is 1. The molecule has 0 aliphatic rings. The van der Waals surface area contributed by atoms with Crippen molar-refractivity contribution >= 4 is 0 Å². The lowest BCUT2D eigenvalue weighted by molar-refractivity contribution is 0.277. The number of nitrogens with zero attached hydrogens (tertiary/aromatic N) is 4. The first kappa shape index (κ1) is 15.2. The van der Waals surface area contributed by atoms with Gasteiger partial charge in [0.1, 0.15) is 11.4 Å². The standard InChI is InChI=1S/C17H18N4O2/c22-13-16-17(14-7-9-18-10-8-14)21(20-19-16)11-4-12-23-15-5-2-1-3-6-15/h1-3,5-10,22H,4,11-13H2. The largest absolute Gasteiger partial charge is 0.494 e. The van der Waals surface area contributed by atoms with Gasteiger partial charge in [0.15, 0.2) is 0 Å². The van der Waals surface area contributed by atoms with E-state index in [9.17, 15) is 5.11 Å². The highest BCUT2D eigenvalue weighted by atomic mass is 16.5. The first-order chi connectivity index (χ1) is 11.4. The van der Waals surface area contributed by atoms with E-state index in [-0.39, 0.29) is 6.61 Å². The number of hydrogen-bond acceptors (Lipinski definition) is 5. The third-order valence-electron chi connectivity index (χ3n) is 3.43. The van der Waals surface area contributed by atoms with Gasteiger partial charge in [0.2, 0.25) is 0 Å². The van der Waals surface area contributed by atoms with Crippen LogP contribution in [-0.4, -0.2) is 31.7 Å². The fourth-order valence-corrected chi connectivity index (χ4v) is 2.36. The smallest absolute Gasteiger partial charge is 0.119 e. The molecule has 6 nitrogen and oxygen atoms in total. The van der Waals surface area contributed by atoms with Crippen LogP contribution in [0.4, 0.5) is 0 Å². The molecule has 23 heavy (non-hydrogen) atoms. The molecule has 1 N–H and O–H groups in total. The fourth-order valence-electron chi connectivity index (χ4n) is 2.36. The van der Waals surface area contributed by atoms with Crippen molar-refractivity contribution in [3.63, 3.8) is 0 Å². The molecule has 0 amide bonds. The number of para-hydroxylation sites is 1. The summed E-state index contributed by atoms with van der Waals surface area (Å²) in [6.45, 7) is 1.11. The van der Waals surface area contributed by atoms with Crippen LogP contribution in [0.1, 0.15) is 12.1 Å². The average molecular weight is 310 g/mol. The summed E-state index contributed by atoms with van der Waals surface area (Å²) in [4.78, 5) is 4.02. The zero-order valence-electron chi connectivity index (χ0n) is 12.7. The number of aromatic nitrogens is 4. The van der Waals surface area contributed by atoms with Crippen molar-refractivity contribution in [2.75, 3.05) is 6.61 Å². The van der Waals surface area contributed by atoms with E-state index in [2.05, 4.69) is 15.3 Å². The van der Waals surface area contributed by atoms with Crippen LogP contribution >= 0.6 is 0 Å². The highest BCUT2D eigenvalue weighted by Gasteiger charge is 2.13. The Morgan fingerprint density at radius 2 is 1.83 bits per heavy atom. The Kier molecular flexibility index (Phi) is 4.95. The molecule has 0 saturated carbocycles. The Bertz CT molecular complexity index is 729. The lowest BCUT2D eigenvalue weighted by Crippen LogP contribution is -2.07. The fraction of sp³-hybridized carbons (Fsp3) is 0.235. The van der Waals surface area contributed by atoms with Crippen molar-refractivity contribution in [2.45, 2.75) is 19.6 Å². The molecule has 0 radical (unpaired) electrons. The monoisotopic (exact) mass is 310 g/mol. The summed E-state index contributed by atoms with van der Waals surface area (Å²) in [5.74, 6) is 0.858. The maximum atomic E-state index is 9.46. The van der Waals surface area contributed by atoms with Crippen molar-refractivity contribution < 1.29 is 9.84 Å². The summed E-state index contributed by atoms with van der Waals surface area (Å²) in [5.41, 5.74) is 2.34. The van der Waals surface area contributed by atoms with Crippen molar-refractivity contribution in [3.05, 3.63) is 60.6 Å². The molecule has 3 aromatic rings. The summed E-state index contributed by atoms with van der Waals surface area (Å²) in [7, 11) is 0. The van der Waals surface area contributed by atoms with Crippen LogP contribution in [0.15, 0.2) is 54.9 Å². The number of rotatable bonds is 7. The zero-order chi connectivity index (χ0) is 15.9. The highest BCUT2D eigenvalue weighted by molar-refractivity contribution is 5.60. The zero-order valence-corrected chi connectivity index (χ0v) is 12.7. The third-order valence-corrected chi connectivity index (χ3v) is 3.43. The lowest BCUT2D eigenvalue weighted by atomic mass is 10.1. The van der Waals surface area contributed by atoms with Crippen LogP contribution in [0.25, 0.3) is 11.3 Å². The Labute approximate surface area is 134 Å². The van der Waals surface area contributed by atoms with Gasteiger partial charge in [0.05, 0.1) is 18.9 Å². The molecular formula is C17H18N4O2. The summed E-state index contributed by atoms with van der Waals surface area (Å²) >= 11 is 0. The van der Waals surface area contributed by atoms with E-state index in [0.717, 1.165) is 23.4 Å². The maximum absolute atomic E-state index is 9.46. The minimum Gasteiger partial charge on any atom is -0.494 e. The number of aryl methyl sites for hydroxylation is 1. The molecule has 1 aromatic carbocycles. The van der Waals surface area contributed by atoms with E-state index in [1.807, 2.05) is 42.5 Å². The molecule has 0 fully saturated rings. The maximum Gasteiger partial charge on any atom is 0.119 e. The van der Waals surface area contributed by atoms with Gasteiger partial charge in [-0.25, -0.2) is 4.68 Å². The normalized spacial score (nSPS) is 10.7. The molecule has 2 aromatic heterocycles. The minimum atomic E-state index is -0.141. The first-order valence-corrected chi connectivity index (χ1v) is 7.50. The van der Waals surface area contributed by atoms with Gasteiger partial charge in [-0.05, 0) is 24.3 Å². The van der Waals surface area contributed by atoms with Gasteiger partial charge >= 0.3 is 0 Å². The molecular weight excluding hydrogens is 292 g/mol. The molecule has 0 spiro atoms. The van der Waals surface area contributed by atoms with Gasteiger partial charge < -0.3 is 9.84 Å². The van der Waals surface area contributed by atoms with Crippen LogP contribution < -0.4 is 4.74 Å². The Hall–Kier alpha value is -2.73. The minimum absolute atomic E-state index is 0.141. The van der Waals surface area contributed by atoms with E-state index in [1.54, 1.807) is 17.1 Å². The Balaban J connectivity index is 1.65. The quantitative estimate of drug-likeness (QED) is 0.678. The van der Waals surface area contributed by atoms with Crippen LogP contribution in [0, 0.1) is 0 Å². The third kappa shape index (κ3) is 3.73. The van der Waals surface area contributed by atoms with Crippen LogP contribution in [-0.2, 0) is 13.2 Å². The lowest BCUT2D eigenvalue weighted by Gasteiger charge is -2.09. The van der Waals surface area contributed by atoms with E-state index in [1.165, 1.54) is 0 Å². The van der Waals surface area contributed by atoms with Crippen molar-refractivity contribution in [3.8, 4) is 17.0 Å². The number of hydrogen-bond donors (Lipinski definition) is 1. The van der Waals surface area contributed by atoms with Crippen molar-refractivity contribution in [1.29, 1.82) is 0 Å². The van der Waals surface area contributed by atoms with Gasteiger partial charge in [-0.3, -0.25) is 4.98 Å². The van der Waals surface area contributed by atoms with Gasteiger partial charge in [-0.15, -0.1) is 5.10 Å². The Morgan fingerprint density at radius 3 is 2.57 bits per heavy atom. The molecule has 0 atom stereocenters. The highest BCUT2D eigenvalue weighted by Crippen LogP contribution is 2.21. The van der Waals surface area contributed by atoms with Crippen LogP contribution in [0.5, 0.6) is 5.75 Å². The number of aliphatic hydroxyl groups is 1. The molecule has 0 aliphatic heterocycles. The summed E-state index contributed by atoms with van der Waals surface area (Å²) in [6.07, 6.45) is 4.22. The van der Waals surface area contributed by atoms with E-state index < -0.39 is 0 Å². The molecule has 0 bridgehead atoms. The number of ether oxygens (including phenoxy) is 1. The number of benzene rings is 1. The van der Waals surface area contributed by atoms with Gasteiger partial charge in [-0.1, -0.05) is 23.4 Å². The predicted octanol–water partition coefficient (Wildman–Crippen LogP) is 2.30. The predicted molar refractivity (Wildman–Crippen MR) is 85.7 cm³/mol. The second-order valence-electron chi connectivity index (χ2n) is 5.02. The Morgan fingerprint density at radius 1 is 1.04 bits per heavy atom. The molecule has 0 aliphatic carbocycles. The van der Waals surface area contributed by atoms with Crippen LogP contribution in [0.3, 0.4) is 0 Å². The molecule has 0 saturated heterocycles. The molecule has 2 heterocycles. The van der Waals surface area contributed by atoms with Gasteiger partial charge in [-0.2, -0.15) is 0 Å². The van der Waals surface area contributed by atoms with E-state index in [0.29, 0.717) is 18.8 Å². The SMILES string of the molecule is OCc1nnn(CCCOc2ccccc2)c1-c1ccncc1. The molecule has 3 rings (SSSR count). The van der Waals surface area contributed by atoms with Crippen molar-refractivity contribution in [2.24, 2.45) is 0 Å². The number of pyridine rings is 1. The second kappa shape index (κ2) is 7.51. The summed E-state index contributed by atoms with van der Waals surface area (Å²) in [5, 5.41) is 17.6. The van der Waals surface area contributed by atoms with Gasteiger partial charge in [0.25, 0.3) is 0 Å². The molecule has 0 unspecified atom stereocenters. The first-order valence-electron chi connectivity index (χ1n) is 7.50. The topological polar surface area (TPSA) is 73.1 Å². The van der Waals surface area contributed by atoms with Crippen molar-refractivity contribution in [1.82, 2.24) is 20.0 Å². The van der Waals surface area contributed by atoms with E-state index in [4.69, 9.17) is 4.74 Å². The summed E-state index contributed by atoms with van der Waals surface area (Å²) < 4.78 is 7.49. The molecule has 118 valence electrons. The second-order valence-corrected chi connectivity index (χ2v) is 5.02. The summed E-state index contributed by atoms with van der Waals surface area (Å²) in [6, 6.07) is 13.5.